The number of carbonyl (C=O) groups is 2. The van der Waals surface area contributed by atoms with Crippen LogP contribution in [0.3, 0.4) is 0 Å². The maximum absolute atomic E-state index is 14.0. The van der Waals surface area contributed by atoms with E-state index in [9.17, 15) is 18.0 Å². The highest BCUT2D eigenvalue weighted by atomic mass is 35.5. The van der Waals surface area contributed by atoms with E-state index in [2.05, 4.69) is 5.32 Å². The van der Waals surface area contributed by atoms with E-state index < -0.39 is 28.5 Å². The van der Waals surface area contributed by atoms with Crippen LogP contribution in [0.2, 0.25) is 5.02 Å². The molecule has 0 saturated carbocycles. The molecule has 3 rings (SSSR count). The Morgan fingerprint density at radius 1 is 0.951 bits per heavy atom. The number of ether oxygens (including phenoxy) is 2. The summed E-state index contributed by atoms with van der Waals surface area (Å²) in [4.78, 5) is 28.3. The lowest BCUT2D eigenvalue weighted by atomic mass is 10.1. The summed E-state index contributed by atoms with van der Waals surface area (Å²) in [6.07, 6.45) is 1.70. The van der Waals surface area contributed by atoms with Crippen molar-refractivity contribution in [2.24, 2.45) is 0 Å². The number of benzene rings is 3. The van der Waals surface area contributed by atoms with Crippen molar-refractivity contribution in [2.75, 3.05) is 31.6 Å². The number of anilines is 1. The van der Waals surface area contributed by atoms with E-state index in [1.807, 2.05) is 6.92 Å². The van der Waals surface area contributed by atoms with Crippen molar-refractivity contribution in [1.82, 2.24) is 10.2 Å². The number of carbonyl (C=O) groups excluding carboxylic acids is 2. The molecule has 0 bridgehead atoms. The Bertz CT molecular complexity index is 1440. The van der Waals surface area contributed by atoms with Gasteiger partial charge in [-0.3, -0.25) is 13.9 Å². The molecule has 1 atom stereocenters. The second-order valence-corrected chi connectivity index (χ2v) is 11.6. The fourth-order valence-corrected chi connectivity index (χ4v) is 5.82. The van der Waals surface area contributed by atoms with Gasteiger partial charge in [-0.1, -0.05) is 55.3 Å². The molecule has 11 heteroatoms. The van der Waals surface area contributed by atoms with E-state index in [0.29, 0.717) is 28.6 Å². The Balaban J connectivity index is 2.01. The predicted molar refractivity (Wildman–Crippen MR) is 160 cm³/mol. The molecule has 220 valence electrons. The van der Waals surface area contributed by atoms with E-state index in [-0.39, 0.29) is 23.1 Å². The highest BCUT2D eigenvalue weighted by Gasteiger charge is 2.33. The second-order valence-electron chi connectivity index (χ2n) is 9.34. The Labute approximate surface area is 247 Å². The number of para-hydroxylation sites is 1. The molecule has 3 aromatic carbocycles. The van der Waals surface area contributed by atoms with Crippen LogP contribution in [0.15, 0.2) is 77.7 Å². The molecule has 9 nitrogen and oxygen atoms in total. The van der Waals surface area contributed by atoms with Crippen LogP contribution in [-0.4, -0.2) is 58.5 Å². The van der Waals surface area contributed by atoms with E-state index in [4.69, 9.17) is 21.1 Å². The predicted octanol–water partition coefficient (Wildman–Crippen LogP) is 4.89. The smallest absolute Gasteiger partial charge is 0.264 e. The van der Waals surface area contributed by atoms with Crippen molar-refractivity contribution in [2.45, 2.75) is 44.2 Å². The summed E-state index contributed by atoms with van der Waals surface area (Å²) >= 11 is 6.18. The molecule has 3 aromatic rings. The lowest BCUT2D eigenvalue weighted by Crippen LogP contribution is -2.51. The number of halogens is 1. The molecule has 0 radical (unpaired) electrons. The summed E-state index contributed by atoms with van der Waals surface area (Å²) in [5.41, 5.74) is 0.992. The number of amides is 2. The summed E-state index contributed by atoms with van der Waals surface area (Å²) in [7, 11) is -1.39. The molecule has 0 aromatic heterocycles. The van der Waals surface area contributed by atoms with Crippen LogP contribution >= 0.6 is 11.6 Å². The molecular formula is C30H36ClN3O6S. The van der Waals surface area contributed by atoms with Gasteiger partial charge < -0.3 is 19.7 Å². The van der Waals surface area contributed by atoms with E-state index in [0.717, 1.165) is 17.1 Å². The van der Waals surface area contributed by atoms with Crippen LogP contribution < -0.4 is 19.1 Å². The lowest BCUT2D eigenvalue weighted by molar-refractivity contribution is -0.139. The summed E-state index contributed by atoms with van der Waals surface area (Å²) in [5.74, 6) is -0.295. The van der Waals surface area contributed by atoms with Crippen LogP contribution in [0, 0.1) is 0 Å². The topological polar surface area (TPSA) is 105 Å². The van der Waals surface area contributed by atoms with E-state index >= 15 is 0 Å². The Hall–Kier alpha value is -3.76. The number of hydrogen-bond donors (Lipinski definition) is 1. The minimum absolute atomic E-state index is 0.0563. The number of nitrogens with zero attached hydrogens (tertiary/aromatic N) is 2. The molecule has 0 heterocycles. The number of unbranched alkanes of at least 4 members (excludes halogenated alkanes) is 1. The first-order valence-corrected chi connectivity index (χ1v) is 15.1. The minimum atomic E-state index is -4.25. The second kappa shape index (κ2) is 14.7. The third kappa shape index (κ3) is 8.14. The fourth-order valence-electron chi connectivity index (χ4n) is 4.18. The van der Waals surface area contributed by atoms with Crippen molar-refractivity contribution in [3.8, 4) is 11.5 Å². The maximum atomic E-state index is 14.0. The van der Waals surface area contributed by atoms with Gasteiger partial charge in [-0.05, 0) is 55.3 Å². The molecule has 0 aliphatic carbocycles. The van der Waals surface area contributed by atoms with Gasteiger partial charge in [-0.2, -0.15) is 0 Å². The normalized spacial score (nSPS) is 11.8. The van der Waals surface area contributed by atoms with Gasteiger partial charge in [-0.25, -0.2) is 8.42 Å². The quantitative estimate of drug-likeness (QED) is 0.264. The Morgan fingerprint density at radius 3 is 2.29 bits per heavy atom. The number of sulfonamides is 1. The van der Waals surface area contributed by atoms with Crippen LogP contribution in [0.4, 0.5) is 5.69 Å². The molecule has 41 heavy (non-hydrogen) atoms. The van der Waals surface area contributed by atoms with Crippen LogP contribution in [0.5, 0.6) is 11.5 Å². The van der Waals surface area contributed by atoms with Gasteiger partial charge in [-0.15, -0.1) is 0 Å². The number of rotatable bonds is 14. The fraction of sp³-hybridized carbons (Fsp3) is 0.333. The van der Waals surface area contributed by atoms with Gasteiger partial charge in [0.05, 0.1) is 24.8 Å². The maximum Gasteiger partial charge on any atom is 0.264 e. The van der Waals surface area contributed by atoms with Gasteiger partial charge in [0.15, 0.2) is 11.5 Å². The average molecular weight is 602 g/mol. The van der Waals surface area contributed by atoms with Gasteiger partial charge in [0, 0.05) is 24.2 Å². The zero-order valence-electron chi connectivity index (χ0n) is 23.7. The zero-order valence-corrected chi connectivity index (χ0v) is 25.2. The molecule has 0 aliphatic rings. The summed E-state index contributed by atoms with van der Waals surface area (Å²) in [6.45, 7) is 3.62. The first kappa shape index (κ1) is 31.8. The summed E-state index contributed by atoms with van der Waals surface area (Å²) in [5, 5.41) is 3.35. The van der Waals surface area contributed by atoms with Gasteiger partial charge in [0.2, 0.25) is 11.8 Å². The van der Waals surface area contributed by atoms with Crippen molar-refractivity contribution < 1.29 is 27.5 Å². The number of hydrogen-bond acceptors (Lipinski definition) is 6. The molecule has 0 saturated heterocycles. The van der Waals surface area contributed by atoms with Crippen molar-refractivity contribution in [3.63, 3.8) is 0 Å². The molecule has 2 amide bonds. The Kier molecular flexibility index (Phi) is 11.4. The number of nitrogens with one attached hydrogen (secondary N) is 1. The van der Waals surface area contributed by atoms with Crippen molar-refractivity contribution >= 4 is 39.1 Å². The largest absolute Gasteiger partial charge is 0.493 e. The van der Waals surface area contributed by atoms with Crippen LogP contribution in [-0.2, 0) is 26.2 Å². The highest BCUT2D eigenvalue weighted by molar-refractivity contribution is 7.92. The molecule has 1 N–H and O–H groups in total. The van der Waals surface area contributed by atoms with Gasteiger partial charge in [0.25, 0.3) is 10.0 Å². The SMILES string of the molecule is CCCCNC(=O)[C@@H](C)N(Cc1cccc(Cl)c1)C(=O)CN(c1ccccc1)S(=O)(=O)c1ccc(OC)c(OC)c1. The monoisotopic (exact) mass is 601 g/mol. The summed E-state index contributed by atoms with van der Waals surface area (Å²) < 4.78 is 39.6. The minimum Gasteiger partial charge on any atom is -0.493 e. The Morgan fingerprint density at radius 2 is 1.66 bits per heavy atom. The summed E-state index contributed by atoms with van der Waals surface area (Å²) in [6, 6.07) is 18.7. The molecule has 0 spiro atoms. The molecule has 0 fully saturated rings. The van der Waals surface area contributed by atoms with E-state index in [1.54, 1.807) is 61.5 Å². The first-order chi connectivity index (χ1) is 19.6. The molecule has 0 unspecified atom stereocenters. The molecular weight excluding hydrogens is 566 g/mol. The van der Waals surface area contributed by atoms with Crippen LogP contribution in [0.25, 0.3) is 0 Å². The average Bonchev–Trinajstić information content (AvgIpc) is 2.98. The zero-order chi connectivity index (χ0) is 30.0. The van der Waals surface area contributed by atoms with Gasteiger partial charge in [0.1, 0.15) is 12.6 Å². The third-order valence-electron chi connectivity index (χ3n) is 6.50. The van der Waals surface area contributed by atoms with Gasteiger partial charge >= 0.3 is 0 Å². The van der Waals surface area contributed by atoms with Crippen molar-refractivity contribution in [1.29, 1.82) is 0 Å². The van der Waals surface area contributed by atoms with Crippen LogP contribution in [0.1, 0.15) is 32.3 Å². The highest BCUT2D eigenvalue weighted by Crippen LogP contribution is 2.32. The van der Waals surface area contributed by atoms with Crippen molar-refractivity contribution in [3.05, 3.63) is 83.4 Å². The standard InChI is InChI=1S/C30H36ClN3O6S/c1-5-6-17-32-30(36)22(2)33(20-23-11-10-12-24(31)18-23)29(35)21-34(25-13-8-7-9-14-25)41(37,38)26-15-16-27(39-3)28(19-26)40-4/h7-16,18-19,22H,5-6,17,20-21H2,1-4H3,(H,32,36)/t22-/m1/s1. The number of methoxy groups -OCH3 is 2. The first-order valence-electron chi connectivity index (χ1n) is 13.2. The lowest BCUT2D eigenvalue weighted by Gasteiger charge is -2.32. The van der Waals surface area contributed by atoms with E-state index in [1.165, 1.54) is 37.3 Å². The molecule has 0 aliphatic heterocycles. The third-order valence-corrected chi connectivity index (χ3v) is 8.51.